The van der Waals surface area contributed by atoms with Crippen LogP contribution in [0.2, 0.25) is 0 Å². The van der Waals surface area contributed by atoms with Crippen LogP contribution in [0.5, 0.6) is 11.5 Å². The van der Waals surface area contributed by atoms with Crippen molar-refractivity contribution in [3.05, 3.63) is 17.7 Å². The number of aliphatic imine (C=N–C) groups is 1. The fraction of sp³-hybridized carbons (Fsp3) is 0.600. The van der Waals surface area contributed by atoms with Crippen LogP contribution in [0.25, 0.3) is 0 Å². The third-order valence-electron chi connectivity index (χ3n) is 5.06. The van der Waals surface area contributed by atoms with E-state index in [1.165, 1.54) is 12.8 Å². The van der Waals surface area contributed by atoms with Crippen molar-refractivity contribution in [1.82, 2.24) is 5.32 Å². The van der Waals surface area contributed by atoms with Crippen molar-refractivity contribution in [2.75, 3.05) is 13.7 Å². The van der Waals surface area contributed by atoms with Crippen LogP contribution in [-0.2, 0) is 0 Å². The summed E-state index contributed by atoms with van der Waals surface area (Å²) in [7, 11) is 1.59. The van der Waals surface area contributed by atoms with Gasteiger partial charge in [0, 0.05) is 12.3 Å². The number of ether oxygens (including phenoxy) is 2. The summed E-state index contributed by atoms with van der Waals surface area (Å²) in [6, 6.07) is 3.53. The van der Waals surface area contributed by atoms with E-state index < -0.39 is 0 Å². The first-order chi connectivity index (χ1) is 12.0. The number of fused-ring (bicyclic) bond motifs is 1. The minimum Gasteiger partial charge on any atom is -0.493 e. The molecular weight excluding hydrogens is 316 g/mol. The van der Waals surface area contributed by atoms with Crippen molar-refractivity contribution in [2.24, 2.45) is 10.4 Å². The number of carbonyl (C=O) groups excluding carboxylic acids is 1. The standard InChI is InChI=1S/C20H28N2O3/c1-4-5-6-9-25-18-11-16-15(10-17(18)24-3)19(23)22-14(13-21-16)12-20(2)7-8-20/h10-11,13-14H,4-9,12H2,1-3H3,(H,22,23). The van der Waals surface area contributed by atoms with Crippen molar-refractivity contribution in [2.45, 2.75) is 58.4 Å². The average molecular weight is 344 g/mol. The van der Waals surface area contributed by atoms with E-state index in [1.807, 2.05) is 12.3 Å². The predicted molar refractivity (Wildman–Crippen MR) is 99.4 cm³/mol. The highest BCUT2D eigenvalue weighted by Gasteiger charge is 2.39. The minimum absolute atomic E-state index is 0.0210. The van der Waals surface area contributed by atoms with E-state index in [2.05, 4.69) is 24.2 Å². The number of nitrogens with zero attached hydrogens (tertiary/aromatic N) is 1. The molecule has 1 unspecified atom stereocenters. The molecule has 1 aromatic carbocycles. The molecule has 1 N–H and O–H groups in total. The molecule has 5 nitrogen and oxygen atoms in total. The van der Waals surface area contributed by atoms with Gasteiger partial charge in [-0.25, -0.2) is 0 Å². The zero-order valence-electron chi connectivity index (χ0n) is 15.4. The van der Waals surface area contributed by atoms with E-state index >= 15 is 0 Å². The van der Waals surface area contributed by atoms with Gasteiger partial charge < -0.3 is 14.8 Å². The van der Waals surface area contributed by atoms with Gasteiger partial charge in [-0.05, 0) is 37.2 Å². The lowest BCUT2D eigenvalue weighted by molar-refractivity contribution is 0.0945. The number of unbranched alkanes of at least 4 members (excludes halogenated alkanes) is 2. The van der Waals surface area contributed by atoms with Gasteiger partial charge in [-0.2, -0.15) is 0 Å². The number of methoxy groups -OCH3 is 1. The predicted octanol–water partition coefficient (Wildman–Crippen LogP) is 4.27. The van der Waals surface area contributed by atoms with Crippen LogP contribution in [-0.4, -0.2) is 31.9 Å². The maximum atomic E-state index is 12.6. The van der Waals surface area contributed by atoms with Gasteiger partial charge in [0.05, 0.1) is 31.0 Å². The molecular formula is C20H28N2O3. The Balaban J connectivity index is 1.78. The van der Waals surface area contributed by atoms with Gasteiger partial charge in [-0.1, -0.05) is 26.7 Å². The van der Waals surface area contributed by atoms with Crippen LogP contribution >= 0.6 is 0 Å². The second kappa shape index (κ2) is 7.46. The van der Waals surface area contributed by atoms with E-state index in [9.17, 15) is 4.79 Å². The SMILES string of the molecule is CCCCCOc1cc2c(cc1OC)C(=O)NC(CC1(C)CC1)C=N2. The Morgan fingerprint density at radius 1 is 1.28 bits per heavy atom. The number of rotatable bonds is 8. The molecule has 3 rings (SSSR count). The first-order valence-electron chi connectivity index (χ1n) is 9.24. The van der Waals surface area contributed by atoms with Crippen LogP contribution in [0, 0.1) is 5.41 Å². The van der Waals surface area contributed by atoms with Crippen LogP contribution in [0.3, 0.4) is 0 Å². The van der Waals surface area contributed by atoms with Crippen molar-refractivity contribution in [3.63, 3.8) is 0 Å². The third-order valence-corrected chi connectivity index (χ3v) is 5.06. The molecule has 25 heavy (non-hydrogen) atoms. The topological polar surface area (TPSA) is 59.9 Å². The Kier molecular flexibility index (Phi) is 5.30. The van der Waals surface area contributed by atoms with Crippen molar-refractivity contribution < 1.29 is 14.3 Å². The normalized spacial score (nSPS) is 20.4. The van der Waals surface area contributed by atoms with Gasteiger partial charge in [0.1, 0.15) is 0 Å². The molecule has 1 fully saturated rings. The van der Waals surface area contributed by atoms with Crippen LogP contribution < -0.4 is 14.8 Å². The lowest BCUT2D eigenvalue weighted by Crippen LogP contribution is -2.36. The van der Waals surface area contributed by atoms with Crippen LogP contribution in [0.4, 0.5) is 5.69 Å². The fourth-order valence-electron chi connectivity index (χ4n) is 3.15. The number of hydrogen-bond donors (Lipinski definition) is 1. The van der Waals surface area contributed by atoms with E-state index in [4.69, 9.17) is 9.47 Å². The zero-order valence-corrected chi connectivity index (χ0v) is 15.4. The summed E-state index contributed by atoms with van der Waals surface area (Å²) in [5, 5.41) is 3.08. The van der Waals surface area contributed by atoms with Gasteiger partial charge in [0.25, 0.3) is 5.91 Å². The van der Waals surface area contributed by atoms with Gasteiger partial charge in [0.15, 0.2) is 11.5 Å². The van der Waals surface area contributed by atoms with E-state index in [1.54, 1.807) is 13.2 Å². The first kappa shape index (κ1) is 17.8. The summed E-state index contributed by atoms with van der Waals surface area (Å²) in [5.41, 5.74) is 1.54. The average Bonchev–Trinajstić information content (AvgIpc) is 3.34. The largest absolute Gasteiger partial charge is 0.493 e. The quantitative estimate of drug-likeness (QED) is 0.717. The fourth-order valence-corrected chi connectivity index (χ4v) is 3.15. The van der Waals surface area contributed by atoms with Crippen LogP contribution in [0.15, 0.2) is 17.1 Å². The van der Waals surface area contributed by atoms with Gasteiger partial charge in [0.2, 0.25) is 0 Å². The van der Waals surface area contributed by atoms with Gasteiger partial charge in [-0.15, -0.1) is 0 Å². The second-order valence-corrected chi connectivity index (χ2v) is 7.45. The van der Waals surface area contributed by atoms with Crippen LogP contribution in [0.1, 0.15) is 62.7 Å². The molecule has 5 heteroatoms. The molecule has 1 heterocycles. The summed E-state index contributed by atoms with van der Waals surface area (Å²) in [6.07, 6.45) is 8.53. The summed E-state index contributed by atoms with van der Waals surface area (Å²) < 4.78 is 11.3. The molecule has 1 atom stereocenters. The monoisotopic (exact) mass is 344 g/mol. The number of benzene rings is 1. The molecule has 0 aromatic heterocycles. The molecule has 0 radical (unpaired) electrons. The molecule has 2 aliphatic rings. The molecule has 0 bridgehead atoms. The Labute approximate surface area is 149 Å². The number of carbonyl (C=O) groups is 1. The van der Waals surface area contributed by atoms with E-state index in [0.717, 1.165) is 25.7 Å². The Morgan fingerprint density at radius 3 is 2.76 bits per heavy atom. The van der Waals surface area contributed by atoms with Crippen molar-refractivity contribution in [3.8, 4) is 11.5 Å². The van der Waals surface area contributed by atoms with E-state index in [0.29, 0.717) is 34.8 Å². The Bertz CT molecular complexity index is 665. The number of nitrogens with one attached hydrogen (secondary N) is 1. The molecule has 1 aromatic rings. The van der Waals surface area contributed by atoms with Gasteiger partial charge in [-0.3, -0.25) is 9.79 Å². The van der Waals surface area contributed by atoms with Crippen molar-refractivity contribution >= 4 is 17.8 Å². The lowest BCUT2D eigenvalue weighted by Gasteiger charge is -2.17. The maximum absolute atomic E-state index is 12.6. The maximum Gasteiger partial charge on any atom is 0.254 e. The van der Waals surface area contributed by atoms with E-state index in [-0.39, 0.29) is 11.9 Å². The third kappa shape index (κ3) is 4.33. The highest BCUT2D eigenvalue weighted by Crippen LogP contribution is 2.49. The molecule has 1 aliphatic heterocycles. The molecule has 1 saturated carbocycles. The molecule has 1 amide bonds. The number of amides is 1. The first-order valence-corrected chi connectivity index (χ1v) is 9.24. The molecule has 1 aliphatic carbocycles. The Hall–Kier alpha value is -2.04. The van der Waals surface area contributed by atoms with Gasteiger partial charge >= 0.3 is 0 Å². The molecule has 0 spiro atoms. The minimum atomic E-state index is -0.0995. The molecule has 136 valence electrons. The van der Waals surface area contributed by atoms with Crippen molar-refractivity contribution in [1.29, 1.82) is 0 Å². The summed E-state index contributed by atoms with van der Waals surface area (Å²) in [5.74, 6) is 1.13. The highest BCUT2D eigenvalue weighted by molar-refractivity contribution is 6.03. The number of hydrogen-bond acceptors (Lipinski definition) is 4. The Morgan fingerprint density at radius 2 is 2.08 bits per heavy atom. The smallest absolute Gasteiger partial charge is 0.254 e. The second-order valence-electron chi connectivity index (χ2n) is 7.45. The highest BCUT2D eigenvalue weighted by atomic mass is 16.5. The summed E-state index contributed by atoms with van der Waals surface area (Å²) in [4.78, 5) is 17.2. The summed E-state index contributed by atoms with van der Waals surface area (Å²) in [6.45, 7) is 5.06. The zero-order chi connectivity index (χ0) is 17.9. The molecule has 0 saturated heterocycles. The lowest BCUT2D eigenvalue weighted by atomic mass is 10.00. The summed E-state index contributed by atoms with van der Waals surface area (Å²) >= 11 is 0.